The molecule has 0 aliphatic rings. The van der Waals surface area contributed by atoms with Gasteiger partial charge < -0.3 is 9.47 Å². The monoisotopic (exact) mass is 152 g/mol. The summed E-state index contributed by atoms with van der Waals surface area (Å²) in [7, 11) is 1.07. The number of carbonyl (C=O) groups excluding carboxylic acids is 1. The zero-order valence-corrected chi connectivity index (χ0v) is 5.27. The summed E-state index contributed by atoms with van der Waals surface area (Å²) < 4.78 is 30.9. The van der Waals surface area contributed by atoms with Gasteiger partial charge in [0.05, 0.1) is 7.11 Å². The van der Waals surface area contributed by atoms with Gasteiger partial charge >= 0.3 is 6.16 Å². The van der Waals surface area contributed by atoms with Gasteiger partial charge in [-0.2, -0.15) is 0 Å². The Morgan fingerprint density at radius 1 is 1.70 bits per heavy atom. The molecule has 0 saturated heterocycles. The second kappa shape index (κ2) is 4.72. The molecule has 10 heavy (non-hydrogen) atoms. The van der Waals surface area contributed by atoms with Gasteiger partial charge in [-0.05, 0) is 0 Å². The molecule has 0 bridgehead atoms. The van der Waals surface area contributed by atoms with Gasteiger partial charge in [-0.1, -0.05) is 0 Å². The van der Waals surface area contributed by atoms with Gasteiger partial charge in [0.15, 0.2) is 5.83 Å². The summed E-state index contributed by atoms with van der Waals surface area (Å²) in [5.74, 6) is -1.16. The fourth-order valence-electron chi connectivity index (χ4n) is 0.218. The molecule has 0 aliphatic heterocycles. The van der Waals surface area contributed by atoms with Crippen LogP contribution in [0.3, 0.4) is 0 Å². The van der Waals surface area contributed by atoms with E-state index in [1.54, 1.807) is 0 Å². The number of methoxy groups -OCH3 is 1. The van der Waals surface area contributed by atoms with E-state index in [2.05, 4.69) is 9.47 Å². The molecule has 58 valence electrons. The zero-order chi connectivity index (χ0) is 7.98. The lowest BCUT2D eigenvalue weighted by atomic mass is 10.6. The molecule has 0 atom stereocenters. The van der Waals surface area contributed by atoms with Crippen molar-refractivity contribution in [1.82, 2.24) is 0 Å². The quantitative estimate of drug-likeness (QED) is 0.563. The maximum absolute atomic E-state index is 11.8. The van der Waals surface area contributed by atoms with Crippen molar-refractivity contribution in [2.45, 2.75) is 0 Å². The van der Waals surface area contributed by atoms with Crippen molar-refractivity contribution < 1.29 is 23.0 Å². The molecule has 0 aromatic rings. The molecule has 0 aliphatic carbocycles. The Morgan fingerprint density at radius 2 is 2.30 bits per heavy atom. The van der Waals surface area contributed by atoms with Gasteiger partial charge in [0.1, 0.15) is 12.9 Å². The minimum Gasteiger partial charge on any atom is -0.438 e. The first-order valence-electron chi connectivity index (χ1n) is 2.36. The summed E-state index contributed by atoms with van der Waals surface area (Å²) in [6, 6.07) is 0. The first-order valence-corrected chi connectivity index (χ1v) is 2.36. The highest BCUT2D eigenvalue weighted by molar-refractivity contribution is 5.59. The molecule has 0 saturated carbocycles. The molecule has 0 aromatic carbocycles. The van der Waals surface area contributed by atoms with Crippen LogP contribution in [0.1, 0.15) is 0 Å². The second-order valence-corrected chi connectivity index (χ2v) is 1.30. The lowest BCUT2D eigenvalue weighted by molar-refractivity contribution is 0.0755. The average molecular weight is 152 g/mol. The Labute approximate surface area is 56.2 Å². The first-order chi connectivity index (χ1) is 4.70. The fraction of sp³-hybridized carbons (Fsp3) is 0.400. The van der Waals surface area contributed by atoms with Crippen molar-refractivity contribution >= 4 is 6.16 Å². The maximum atomic E-state index is 11.8. The van der Waals surface area contributed by atoms with Crippen molar-refractivity contribution in [3.63, 3.8) is 0 Å². The smallest absolute Gasteiger partial charge is 0.438 e. The van der Waals surface area contributed by atoms with Gasteiger partial charge in [-0.15, -0.1) is 0 Å². The molecule has 0 rings (SSSR count). The predicted molar refractivity (Wildman–Crippen MR) is 28.7 cm³/mol. The van der Waals surface area contributed by atoms with E-state index in [-0.39, 0.29) is 6.33 Å². The largest absolute Gasteiger partial charge is 0.508 e. The van der Waals surface area contributed by atoms with Crippen LogP contribution in [-0.2, 0) is 9.47 Å². The molecule has 0 amide bonds. The van der Waals surface area contributed by atoms with E-state index in [1.807, 2.05) is 0 Å². The van der Waals surface area contributed by atoms with E-state index in [0.717, 1.165) is 7.11 Å². The lowest BCUT2D eigenvalue weighted by Gasteiger charge is -1.98. The first kappa shape index (κ1) is 8.87. The van der Waals surface area contributed by atoms with E-state index in [9.17, 15) is 13.6 Å². The Hall–Kier alpha value is -1.13. The predicted octanol–water partition coefficient (Wildman–Crippen LogP) is 1.55. The maximum Gasteiger partial charge on any atom is 0.508 e. The van der Waals surface area contributed by atoms with Crippen LogP contribution in [0.15, 0.2) is 12.2 Å². The van der Waals surface area contributed by atoms with Gasteiger partial charge in [-0.3, -0.25) is 0 Å². The van der Waals surface area contributed by atoms with Crippen LogP contribution in [0.2, 0.25) is 0 Å². The van der Waals surface area contributed by atoms with E-state index < -0.39 is 18.6 Å². The molecule has 0 unspecified atom stereocenters. The molecule has 0 aromatic heterocycles. The molecule has 5 heteroatoms. The van der Waals surface area contributed by atoms with Crippen LogP contribution < -0.4 is 0 Å². The number of carbonyl (C=O) groups is 1. The highest BCUT2D eigenvalue weighted by atomic mass is 19.2. The molecule has 0 radical (unpaired) electrons. The summed E-state index contributed by atoms with van der Waals surface area (Å²) in [6.45, 7) is -0.733. The van der Waals surface area contributed by atoms with Crippen LogP contribution in [0.25, 0.3) is 0 Å². The lowest BCUT2D eigenvalue weighted by Crippen LogP contribution is -2.05. The third-order valence-electron chi connectivity index (χ3n) is 0.613. The molecule has 3 nitrogen and oxygen atoms in total. The summed E-state index contributed by atoms with van der Waals surface area (Å²) >= 11 is 0. The fourth-order valence-corrected chi connectivity index (χ4v) is 0.218. The van der Waals surface area contributed by atoms with Crippen LogP contribution in [0.4, 0.5) is 13.6 Å². The summed E-state index contributed by atoms with van der Waals surface area (Å²) in [4.78, 5) is 10.1. The van der Waals surface area contributed by atoms with Crippen molar-refractivity contribution in [1.29, 1.82) is 0 Å². The van der Waals surface area contributed by atoms with Gasteiger partial charge in [-0.25, -0.2) is 13.6 Å². The van der Waals surface area contributed by atoms with E-state index in [1.165, 1.54) is 0 Å². The third-order valence-corrected chi connectivity index (χ3v) is 0.613. The van der Waals surface area contributed by atoms with Gasteiger partial charge in [0.25, 0.3) is 0 Å². The molecule has 0 spiro atoms. The average Bonchev–Trinajstić information content (AvgIpc) is 1.99. The Morgan fingerprint density at radius 3 is 2.70 bits per heavy atom. The van der Waals surface area contributed by atoms with Crippen molar-refractivity contribution in [2.75, 3.05) is 13.7 Å². The SMILES string of the molecule is COC(=O)OC/C(F)=C/F. The molecular formula is C5H6F2O3. The highest BCUT2D eigenvalue weighted by Crippen LogP contribution is 1.97. The zero-order valence-electron chi connectivity index (χ0n) is 5.27. The number of halogens is 2. The second-order valence-electron chi connectivity index (χ2n) is 1.30. The summed E-state index contributed by atoms with van der Waals surface area (Å²) in [6.07, 6.45) is -1.33. The summed E-state index contributed by atoms with van der Waals surface area (Å²) in [5, 5.41) is 0. The Kier molecular flexibility index (Phi) is 4.19. The number of ether oxygens (including phenoxy) is 2. The minimum atomic E-state index is -1.16. The van der Waals surface area contributed by atoms with Crippen molar-refractivity contribution in [2.24, 2.45) is 0 Å². The molecule has 0 heterocycles. The highest BCUT2D eigenvalue weighted by Gasteiger charge is 2.01. The molecular weight excluding hydrogens is 146 g/mol. The van der Waals surface area contributed by atoms with Gasteiger partial charge in [0, 0.05) is 0 Å². The minimum absolute atomic E-state index is 0.289. The Balaban J connectivity index is 3.45. The van der Waals surface area contributed by atoms with Crippen LogP contribution in [-0.4, -0.2) is 19.9 Å². The summed E-state index contributed by atoms with van der Waals surface area (Å²) in [5.41, 5.74) is 0. The van der Waals surface area contributed by atoms with Crippen LogP contribution >= 0.6 is 0 Å². The van der Waals surface area contributed by atoms with Gasteiger partial charge in [0.2, 0.25) is 0 Å². The number of hydrogen-bond acceptors (Lipinski definition) is 3. The standard InChI is InChI=1S/C5H6F2O3/c1-9-5(8)10-3-4(7)2-6/h2H,3H2,1H3/b4-2-. The molecule has 0 N–H and O–H groups in total. The van der Waals surface area contributed by atoms with Crippen molar-refractivity contribution in [3.05, 3.63) is 12.2 Å². The number of rotatable bonds is 2. The van der Waals surface area contributed by atoms with Crippen molar-refractivity contribution in [3.8, 4) is 0 Å². The van der Waals surface area contributed by atoms with E-state index in [4.69, 9.17) is 0 Å². The topological polar surface area (TPSA) is 35.5 Å². The number of hydrogen-bond donors (Lipinski definition) is 0. The third kappa shape index (κ3) is 3.82. The Bertz CT molecular complexity index is 144. The molecule has 0 fully saturated rings. The van der Waals surface area contributed by atoms with E-state index in [0.29, 0.717) is 0 Å². The van der Waals surface area contributed by atoms with Crippen LogP contribution in [0, 0.1) is 0 Å². The normalized spacial score (nSPS) is 10.9. The van der Waals surface area contributed by atoms with E-state index >= 15 is 0 Å². The van der Waals surface area contributed by atoms with Crippen LogP contribution in [0.5, 0.6) is 0 Å².